The molecule has 3 aromatic carbocycles. The Kier molecular flexibility index (Phi) is 10.6. The maximum absolute atomic E-state index is 14.5. The monoisotopic (exact) mass is 789 g/mol. The third-order valence-corrected chi connectivity index (χ3v) is 10.6. The summed E-state index contributed by atoms with van der Waals surface area (Å²) in [6, 6.07) is 12.0. The van der Waals surface area contributed by atoms with Gasteiger partial charge in [-0.05, 0) is 68.3 Å². The van der Waals surface area contributed by atoms with E-state index in [-0.39, 0.29) is 28.8 Å². The summed E-state index contributed by atoms with van der Waals surface area (Å²) in [6.45, 7) is 3.57. The molecule has 3 N–H and O–H groups in total. The van der Waals surface area contributed by atoms with Crippen molar-refractivity contribution in [1.29, 1.82) is 0 Å². The second-order valence-corrected chi connectivity index (χ2v) is 15.1. The largest absolute Gasteiger partial charge is 0.426 e. The van der Waals surface area contributed by atoms with Gasteiger partial charge in [0.2, 0.25) is 5.91 Å². The SMILES string of the molecule is CC[C@](N)(I)C[C@@H](CC(=O)Oc1cccc(N(C)S(=O)(=O)c2ccc3c(c2)nc(C)n3C)c1)C(=O)Nc1ccc(C(F)(F)F)cc1F. The zero-order valence-electron chi connectivity index (χ0n) is 25.7. The number of hydrogen-bond acceptors (Lipinski definition) is 7. The number of benzene rings is 3. The van der Waals surface area contributed by atoms with Crippen molar-refractivity contribution in [3.8, 4) is 5.75 Å². The molecule has 0 aliphatic carbocycles. The van der Waals surface area contributed by atoms with E-state index in [2.05, 4.69) is 10.3 Å². The number of rotatable bonds is 11. The number of alkyl halides is 4. The average Bonchev–Trinajstić information content (AvgIpc) is 3.28. The van der Waals surface area contributed by atoms with Crippen LogP contribution in [0.15, 0.2) is 65.6 Å². The number of imidazole rings is 1. The lowest BCUT2D eigenvalue weighted by Gasteiger charge is -2.26. The molecule has 0 aliphatic heterocycles. The Morgan fingerprint density at radius 2 is 1.83 bits per heavy atom. The summed E-state index contributed by atoms with van der Waals surface area (Å²) >= 11 is 1.92. The number of sulfonamides is 1. The lowest BCUT2D eigenvalue weighted by atomic mass is 9.94. The van der Waals surface area contributed by atoms with Crippen LogP contribution in [0.25, 0.3) is 11.0 Å². The molecule has 0 unspecified atom stereocenters. The smallest absolute Gasteiger partial charge is 0.416 e. The van der Waals surface area contributed by atoms with E-state index in [0.29, 0.717) is 23.8 Å². The van der Waals surface area contributed by atoms with Crippen LogP contribution < -0.4 is 20.1 Å². The molecule has 16 heteroatoms. The molecular formula is C31H32F4IN5O5S. The minimum Gasteiger partial charge on any atom is -0.426 e. The minimum atomic E-state index is -4.78. The molecule has 0 fully saturated rings. The maximum Gasteiger partial charge on any atom is 0.416 e. The first-order chi connectivity index (χ1) is 21.8. The predicted molar refractivity (Wildman–Crippen MR) is 177 cm³/mol. The number of aromatic nitrogens is 2. The van der Waals surface area contributed by atoms with E-state index in [1.807, 2.05) is 34.2 Å². The standard InChI is InChI=1S/C31H32F4IN5O5S/c1-5-30(36,37)17-19(29(43)39-25-11-9-20(14-24(25)32)31(33,34)35)13-28(42)46-22-8-6-7-21(15-22)41(4)47(44,45)23-10-12-27-26(16-23)38-18(2)40(27)3/h6-12,14-16,19H,5,13,17,37H2,1-4H3,(H,39,43)/t19-,30-/m1/s1. The molecule has 0 bridgehead atoms. The summed E-state index contributed by atoms with van der Waals surface area (Å²) in [7, 11) is -0.880. The van der Waals surface area contributed by atoms with Gasteiger partial charge in [0.25, 0.3) is 10.0 Å². The van der Waals surface area contributed by atoms with Crippen LogP contribution >= 0.6 is 22.6 Å². The van der Waals surface area contributed by atoms with E-state index >= 15 is 0 Å². The van der Waals surface area contributed by atoms with Crippen LogP contribution in [0.3, 0.4) is 0 Å². The Morgan fingerprint density at radius 1 is 1.13 bits per heavy atom. The highest BCUT2D eigenvalue weighted by Crippen LogP contribution is 2.33. The molecule has 10 nitrogen and oxygen atoms in total. The number of esters is 1. The highest BCUT2D eigenvalue weighted by Gasteiger charge is 2.34. The molecule has 0 aliphatic rings. The Labute approximate surface area is 282 Å². The summed E-state index contributed by atoms with van der Waals surface area (Å²) < 4.78 is 87.6. The number of carbonyl (C=O) groups excluding carboxylic acids is 2. The van der Waals surface area contributed by atoms with Crippen LogP contribution in [0.5, 0.6) is 5.75 Å². The zero-order valence-corrected chi connectivity index (χ0v) is 28.7. The van der Waals surface area contributed by atoms with Crippen molar-refractivity contribution in [2.75, 3.05) is 16.7 Å². The van der Waals surface area contributed by atoms with Crippen LogP contribution in [-0.2, 0) is 32.8 Å². The fourth-order valence-corrected chi connectivity index (χ4v) is 6.45. The van der Waals surface area contributed by atoms with Gasteiger partial charge in [0.1, 0.15) is 17.4 Å². The first kappa shape index (κ1) is 36.1. The molecule has 47 heavy (non-hydrogen) atoms. The molecule has 1 heterocycles. The summed E-state index contributed by atoms with van der Waals surface area (Å²) in [5.41, 5.74) is 5.98. The zero-order chi connectivity index (χ0) is 34.9. The first-order valence-corrected chi connectivity index (χ1v) is 16.7. The number of amides is 1. The second-order valence-electron chi connectivity index (χ2n) is 11.0. The van der Waals surface area contributed by atoms with Gasteiger partial charge < -0.3 is 20.4 Å². The topological polar surface area (TPSA) is 137 Å². The number of anilines is 2. The number of nitrogens with two attached hydrogens (primary N) is 1. The molecule has 0 spiro atoms. The third-order valence-electron chi connectivity index (χ3n) is 7.66. The van der Waals surface area contributed by atoms with Crippen LogP contribution in [0, 0.1) is 18.7 Å². The van der Waals surface area contributed by atoms with Gasteiger partial charge in [-0.25, -0.2) is 17.8 Å². The van der Waals surface area contributed by atoms with Crippen LogP contribution in [0.1, 0.15) is 37.6 Å². The Morgan fingerprint density at radius 3 is 2.47 bits per heavy atom. The fourth-order valence-electron chi connectivity index (χ4n) is 4.71. The molecular weight excluding hydrogens is 757 g/mol. The summed E-state index contributed by atoms with van der Waals surface area (Å²) in [4.78, 5) is 30.6. The van der Waals surface area contributed by atoms with Crippen LogP contribution in [-0.4, -0.2) is 40.4 Å². The number of nitrogens with one attached hydrogen (secondary N) is 1. The van der Waals surface area contributed by atoms with Gasteiger partial charge in [0.15, 0.2) is 0 Å². The number of nitrogens with zero attached hydrogens (tertiary/aromatic N) is 3. The first-order valence-electron chi connectivity index (χ1n) is 14.2. The number of halogens is 5. The highest BCUT2D eigenvalue weighted by atomic mass is 127. The van der Waals surface area contributed by atoms with Crippen molar-refractivity contribution in [2.24, 2.45) is 18.7 Å². The second kappa shape index (κ2) is 13.8. The lowest BCUT2D eigenvalue weighted by Crippen LogP contribution is -2.39. The Bertz CT molecular complexity index is 1930. The minimum absolute atomic E-state index is 0.00586. The molecule has 252 valence electrons. The summed E-state index contributed by atoms with van der Waals surface area (Å²) in [6.07, 6.45) is -4.94. The van der Waals surface area contributed by atoms with Gasteiger partial charge in [-0.15, -0.1) is 0 Å². The number of hydrogen-bond donors (Lipinski definition) is 2. The molecule has 4 rings (SSSR count). The molecule has 1 aromatic heterocycles. The van der Waals surface area contributed by atoms with E-state index < -0.39 is 61.0 Å². The van der Waals surface area contributed by atoms with Crippen molar-refractivity contribution in [1.82, 2.24) is 9.55 Å². The number of carbonyl (C=O) groups is 2. The third kappa shape index (κ3) is 8.39. The predicted octanol–water partition coefficient (Wildman–Crippen LogP) is 6.31. The van der Waals surface area contributed by atoms with Gasteiger partial charge in [-0.1, -0.05) is 35.6 Å². The molecule has 0 saturated heterocycles. The number of fused-ring (bicyclic) bond motifs is 1. The van der Waals surface area contributed by atoms with E-state index in [1.54, 1.807) is 19.9 Å². The quantitative estimate of drug-likeness (QED) is 0.0455. The molecule has 0 saturated carbocycles. The van der Waals surface area contributed by atoms with Crippen LogP contribution in [0.4, 0.5) is 28.9 Å². The molecule has 1 amide bonds. The Balaban J connectivity index is 1.51. The van der Waals surface area contributed by atoms with Gasteiger partial charge in [-0.3, -0.25) is 13.9 Å². The van der Waals surface area contributed by atoms with Crippen molar-refractivity contribution in [3.63, 3.8) is 0 Å². The summed E-state index contributed by atoms with van der Waals surface area (Å²) in [5.74, 6) is -3.47. The van der Waals surface area contributed by atoms with Crippen molar-refractivity contribution in [3.05, 3.63) is 77.9 Å². The van der Waals surface area contributed by atoms with E-state index in [9.17, 15) is 35.6 Å². The molecule has 0 radical (unpaired) electrons. The lowest BCUT2D eigenvalue weighted by molar-refractivity contribution is -0.138. The van der Waals surface area contributed by atoms with Crippen LogP contribution in [0.2, 0.25) is 0 Å². The average molecular weight is 790 g/mol. The highest BCUT2D eigenvalue weighted by molar-refractivity contribution is 14.1. The Hall–Kier alpha value is -3.77. The maximum atomic E-state index is 14.5. The van der Waals surface area contributed by atoms with Crippen molar-refractivity contribution < 1.29 is 40.3 Å². The van der Waals surface area contributed by atoms with E-state index in [1.165, 1.54) is 43.4 Å². The van der Waals surface area contributed by atoms with E-state index in [4.69, 9.17) is 10.5 Å². The van der Waals surface area contributed by atoms with Crippen molar-refractivity contribution in [2.45, 2.75) is 47.7 Å². The molecule has 4 aromatic rings. The van der Waals surface area contributed by atoms with Gasteiger partial charge in [0, 0.05) is 20.2 Å². The van der Waals surface area contributed by atoms with Crippen molar-refractivity contribution >= 4 is 66.9 Å². The normalized spacial score (nSPS) is 14.0. The van der Waals surface area contributed by atoms with Gasteiger partial charge in [0.05, 0.1) is 48.8 Å². The summed E-state index contributed by atoms with van der Waals surface area (Å²) in [5, 5.41) is 2.25. The van der Waals surface area contributed by atoms with E-state index in [0.717, 1.165) is 15.9 Å². The fraction of sp³-hybridized carbons (Fsp3) is 0.323. The molecule has 2 atom stereocenters. The van der Waals surface area contributed by atoms with Gasteiger partial charge in [-0.2, -0.15) is 13.2 Å². The number of aryl methyl sites for hydroxylation is 2. The van der Waals surface area contributed by atoms with Gasteiger partial charge >= 0.3 is 12.1 Å². The number of ether oxygens (including phenoxy) is 1.